The molecule has 4 rings (SSSR count). The number of nitrogens with one attached hydrogen (secondary N) is 1. The van der Waals surface area contributed by atoms with Crippen LogP contribution in [0.4, 0.5) is 4.39 Å². The first-order valence-electron chi connectivity index (χ1n) is 9.03. The third-order valence-electron chi connectivity index (χ3n) is 5.04. The van der Waals surface area contributed by atoms with Gasteiger partial charge in [-0.1, -0.05) is 17.7 Å². The van der Waals surface area contributed by atoms with E-state index in [1.165, 1.54) is 18.2 Å². The van der Waals surface area contributed by atoms with Crippen LogP contribution in [-0.2, 0) is 10.0 Å². The average Bonchev–Trinajstić information content (AvgIpc) is 3.34. The van der Waals surface area contributed by atoms with Gasteiger partial charge in [-0.25, -0.2) is 17.5 Å². The van der Waals surface area contributed by atoms with Gasteiger partial charge in [-0.05, 0) is 50.2 Å². The summed E-state index contributed by atoms with van der Waals surface area (Å²) in [7, 11) is -3.82. The van der Waals surface area contributed by atoms with Crippen LogP contribution in [0.3, 0.4) is 0 Å². The van der Waals surface area contributed by atoms with Gasteiger partial charge in [0.15, 0.2) is 11.5 Å². The fraction of sp³-hybridized carbons (Fsp3) is 0.368. The number of sulfonamides is 1. The number of hydrogen-bond donors (Lipinski definition) is 1. The Labute approximate surface area is 168 Å². The number of ether oxygens (including phenoxy) is 2. The molecule has 1 atom stereocenters. The van der Waals surface area contributed by atoms with E-state index in [0.29, 0.717) is 22.1 Å². The van der Waals surface area contributed by atoms with Gasteiger partial charge in [-0.3, -0.25) is 4.90 Å². The lowest BCUT2D eigenvalue weighted by Gasteiger charge is -2.29. The monoisotopic (exact) mass is 426 g/mol. The second-order valence-electron chi connectivity index (χ2n) is 6.76. The molecule has 0 spiro atoms. The third kappa shape index (κ3) is 3.82. The quantitative estimate of drug-likeness (QED) is 0.767. The van der Waals surface area contributed by atoms with Crippen molar-refractivity contribution in [3.8, 4) is 11.5 Å². The molecule has 0 amide bonds. The normalized spacial score (nSPS) is 17.8. The first kappa shape index (κ1) is 19.4. The molecule has 2 aromatic carbocycles. The molecule has 0 saturated carbocycles. The van der Waals surface area contributed by atoms with E-state index in [1.807, 2.05) is 0 Å². The number of nitrogens with zero attached hydrogens (tertiary/aromatic N) is 1. The number of benzene rings is 2. The van der Waals surface area contributed by atoms with E-state index in [0.717, 1.165) is 25.9 Å². The molecule has 0 radical (unpaired) electrons. The van der Waals surface area contributed by atoms with Crippen molar-refractivity contribution >= 4 is 21.6 Å². The predicted octanol–water partition coefficient (Wildman–Crippen LogP) is 3.32. The maximum Gasteiger partial charge on any atom is 0.240 e. The van der Waals surface area contributed by atoms with E-state index in [2.05, 4.69) is 9.62 Å². The predicted molar refractivity (Wildman–Crippen MR) is 103 cm³/mol. The van der Waals surface area contributed by atoms with Gasteiger partial charge in [-0.15, -0.1) is 0 Å². The lowest BCUT2D eigenvalue weighted by Crippen LogP contribution is -2.37. The van der Waals surface area contributed by atoms with E-state index in [4.69, 9.17) is 21.1 Å². The molecule has 0 aromatic heterocycles. The maximum atomic E-state index is 14.5. The molecule has 2 heterocycles. The van der Waals surface area contributed by atoms with Gasteiger partial charge in [0, 0.05) is 23.2 Å². The highest BCUT2D eigenvalue weighted by atomic mass is 35.5. The zero-order valence-corrected chi connectivity index (χ0v) is 16.6. The second kappa shape index (κ2) is 7.87. The zero-order valence-electron chi connectivity index (χ0n) is 15.0. The molecule has 0 unspecified atom stereocenters. The van der Waals surface area contributed by atoms with Gasteiger partial charge >= 0.3 is 0 Å². The highest BCUT2D eigenvalue weighted by Gasteiger charge is 2.29. The van der Waals surface area contributed by atoms with Crippen LogP contribution in [0.5, 0.6) is 11.5 Å². The Morgan fingerprint density at radius 3 is 2.64 bits per heavy atom. The van der Waals surface area contributed by atoms with Crippen molar-refractivity contribution in [1.29, 1.82) is 0 Å². The number of hydrogen-bond acceptors (Lipinski definition) is 5. The molecule has 1 saturated heterocycles. The minimum absolute atomic E-state index is 0.0113. The number of halogens is 2. The molecular weight excluding hydrogens is 407 g/mol. The fourth-order valence-corrected chi connectivity index (χ4v) is 4.95. The molecule has 2 aliphatic heterocycles. The zero-order chi connectivity index (χ0) is 19.7. The van der Waals surface area contributed by atoms with Crippen LogP contribution in [0.1, 0.15) is 24.4 Å². The summed E-state index contributed by atoms with van der Waals surface area (Å²) in [6, 6.07) is 8.45. The summed E-state index contributed by atoms with van der Waals surface area (Å²) in [6.07, 6.45) is 1.97. The standard InChI is InChI=1S/C19H20ClFN2O4S/c20-14-4-3-5-15(21)19(14)16(23-8-1-2-9-23)11-22-28(24,25)13-6-7-17-18(10-13)27-12-26-17/h3-7,10,16,22H,1-2,8-9,11-12H2/t16-/m1/s1. The van der Waals surface area contributed by atoms with Crippen molar-refractivity contribution in [3.63, 3.8) is 0 Å². The highest BCUT2D eigenvalue weighted by Crippen LogP contribution is 2.35. The number of likely N-dealkylation sites (tertiary alicyclic amines) is 1. The fourth-order valence-electron chi connectivity index (χ4n) is 3.61. The van der Waals surface area contributed by atoms with Crippen LogP contribution in [0.25, 0.3) is 0 Å². The minimum atomic E-state index is -3.82. The smallest absolute Gasteiger partial charge is 0.240 e. The molecule has 6 nitrogen and oxygen atoms in total. The van der Waals surface area contributed by atoms with E-state index >= 15 is 0 Å². The summed E-state index contributed by atoms with van der Waals surface area (Å²) >= 11 is 6.26. The van der Waals surface area contributed by atoms with Crippen molar-refractivity contribution in [2.45, 2.75) is 23.8 Å². The Hall–Kier alpha value is -1.87. The Morgan fingerprint density at radius 2 is 1.89 bits per heavy atom. The van der Waals surface area contributed by atoms with E-state index < -0.39 is 21.9 Å². The molecule has 1 N–H and O–H groups in total. The number of fused-ring (bicyclic) bond motifs is 1. The van der Waals surface area contributed by atoms with Crippen molar-refractivity contribution < 1.29 is 22.3 Å². The summed E-state index contributed by atoms with van der Waals surface area (Å²) in [5, 5.41) is 0.291. The summed E-state index contributed by atoms with van der Waals surface area (Å²) in [6.45, 7) is 1.61. The van der Waals surface area contributed by atoms with Gasteiger partial charge in [0.2, 0.25) is 16.8 Å². The van der Waals surface area contributed by atoms with Crippen molar-refractivity contribution in [3.05, 3.63) is 52.8 Å². The summed E-state index contributed by atoms with van der Waals surface area (Å²) in [5.74, 6) is 0.454. The molecular formula is C19H20ClFN2O4S. The van der Waals surface area contributed by atoms with E-state index in [-0.39, 0.29) is 18.2 Å². The van der Waals surface area contributed by atoms with E-state index in [1.54, 1.807) is 18.2 Å². The van der Waals surface area contributed by atoms with Crippen molar-refractivity contribution in [2.75, 3.05) is 26.4 Å². The van der Waals surface area contributed by atoms with Gasteiger partial charge < -0.3 is 9.47 Å². The molecule has 28 heavy (non-hydrogen) atoms. The first-order chi connectivity index (χ1) is 13.5. The number of rotatable bonds is 6. The molecule has 9 heteroatoms. The van der Waals surface area contributed by atoms with E-state index in [9.17, 15) is 12.8 Å². The first-order valence-corrected chi connectivity index (χ1v) is 10.9. The van der Waals surface area contributed by atoms with Gasteiger partial charge in [0.1, 0.15) is 5.82 Å². The molecule has 1 fully saturated rings. The van der Waals surface area contributed by atoms with Crippen molar-refractivity contribution in [2.24, 2.45) is 0 Å². The van der Waals surface area contributed by atoms with Crippen LogP contribution in [0, 0.1) is 5.82 Å². The maximum absolute atomic E-state index is 14.5. The Balaban J connectivity index is 1.59. The summed E-state index contributed by atoms with van der Waals surface area (Å²) in [5.41, 5.74) is 0.319. The van der Waals surface area contributed by atoms with Crippen LogP contribution in [0.2, 0.25) is 5.02 Å². The Morgan fingerprint density at radius 1 is 1.14 bits per heavy atom. The lowest BCUT2D eigenvalue weighted by atomic mass is 10.0. The largest absolute Gasteiger partial charge is 0.454 e. The molecule has 0 aliphatic carbocycles. The summed E-state index contributed by atoms with van der Waals surface area (Å²) < 4.78 is 53.2. The Bertz CT molecular complexity index is 960. The molecule has 2 aliphatic rings. The topological polar surface area (TPSA) is 67.9 Å². The van der Waals surface area contributed by atoms with Crippen LogP contribution >= 0.6 is 11.6 Å². The molecule has 2 aromatic rings. The lowest BCUT2D eigenvalue weighted by molar-refractivity contribution is 0.174. The summed E-state index contributed by atoms with van der Waals surface area (Å²) in [4.78, 5) is 2.13. The molecule has 150 valence electrons. The van der Waals surface area contributed by atoms with Gasteiger partial charge in [0.05, 0.1) is 10.9 Å². The SMILES string of the molecule is O=S(=O)(NC[C@H](c1c(F)cccc1Cl)N1CCCC1)c1ccc2c(c1)OCO2. The van der Waals surface area contributed by atoms with Crippen LogP contribution in [0.15, 0.2) is 41.3 Å². The van der Waals surface area contributed by atoms with Gasteiger partial charge in [-0.2, -0.15) is 0 Å². The third-order valence-corrected chi connectivity index (χ3v) is 6.79. The van der Waals surface area contributed by atoms with Crippen LogP contribution in [-0.4, -0.2) is 39.7 Å². The Kier molecular flexibility index (Phi) is 5.46. The minimum Gasteiger partial charge on any atom is -0.454 e. The average molecular weight is 427 g/mol. The van der Waals surface area contributed by atoms with Gasteiger partial charge in [0.25, 0.3) is 0 Å². The molecule has 0 bridgehead atoms. The highest BCUT2D eigenvalue weighted by molar-refractivity contribution is 7.89. The second-order valence-corrected chi connectivity index (χ2v) is 8.94. The van der Waals surface area contributed by atoms with Crippen molar-refractivity contribution in [1.82, 2.24) is 9.62 Å². The van der Waals surface area contributed by atoms with Crippen LogP contribution < -0.4 is 14.2 Å².